The third kappa shape index (κ3) is 4.31. The number of hydrogen-bond donors (Lipinski definition) is 1. The zero-order chi connectivity index (χ0) is 18.5. The number of nitrogens with zero attached hydrogens (tertiary/aromatic N) is 4. The molecule has 0 aliphatic heterocycles. The molecule has 0 bridgehead atoms. The number of anilines is 1. The summed E-state index contributed by atoms with van der Waals surface area (Å²) < 4.78 is 1.23. The van der Waals surface area contributed by atoms with Gasteiger partial charge in [0.2, 0.25) is 5.91 Å². The van der Waals surface area contributed by atoms with E-state index in [1.807, 2.05) is 38.4 Å². The lowest BCUT2D eigenvalue weighted by Gasteiger charge is -2.11. The topological polar surface area (TPSA) is 80.1 Å². The van der Waals surface area contributed by atoms with Crippen LogP contribution in [0.15, 0.2) is 53.3 Å². The monoisotopic (exact) mass is 351 g/mol. The summed E-state index contributed by atoms with van der Waals surface area (Å²) in [6.07, 6.45) is 0.144. The minimum absolute atomic E-state index is 0.144. The molecule has 3 rings (SSSR count). The van der Waals surface area contributed by atoms with Crippen molar-refractivity contribution < 1.29 is 4.79 Å². The van der Waals surface area contributed by atoms with E-state index in [1.54, 1.807) is 24.3 Å². The Hall–Kier alpha value is -3.06. The fourth-order valence-electron chi connectivity index (χ4n) is 2.71. The van der Waals surface area contributed by atoms with Gasteiger partial charge in [-0.05, 0) is 43.9 Å². The van der Waals surface area contributed by atoms with E-state index in [1.165, 1.54) is 4.68 Å². The molecule has 1 aromatic heterocycles. The van der Waals surface area contributed by atoms with Gasteiger partial charge in [-0.1, -0.05) is 29.5 Å². The highest BCUT2D eigenvalue weighted by molar-refractivity contribution is 5.90. The summed E-state index contributed by atoms with van der Waals surface area (Å²) in [6, 6.07) is 14.7. The normalized spacial score (nSPS) is 11.0. The Morgan fingerprint density at radius 3 is 2.77 bits per heavy atom. The van der Waals surface area contributed by atoms with Gasteiger partial charge in [0.25, 0.3) is 5.56 Å². The maximum Gasteiger partial charge on any atom is 0.277 e. The number of hydrogen-bond acceptors (Lipinski definition) is 5. The van der Waals surface area contributed by atoms with Crippen LogP contribution in [-0.4, -0.2) is 39.9 Å². The summed E-state index contributed by atoms with van der Waals surface area (Å²) in [6.45, 7) is 0.978. The number of aryl methyl sites for hydroxylation is 1. The minimum atomic E-state index is -0.239. The average Bonchev–Trinajstić information content (AvgIpc) is 2.61. The highest BCUT2D eigenvalue weighted by Crippen LogP contribution is 2.12. The van der Waals surface area contributed by atoms with Gasteiger partial charge in [-0.3, -0.25) is 9.59 Å². The first-order valence-corrected chi connectivity index (χ1v) is 8.39. The van der Waals surface area contributed by atoms with Crippen molar-refractivity contribution in [1.82, 2.24) is 19.9 Å². The highest BCUT2D eigenvalue weighted by atomic mass is 16.2. The molecule has 3 aromatic rings. The molecule has 0 saturated carbocycles. The second-order valence-electron chi connectivity index (χ2n) is 6.37. The third-order valence-corrected chi connectivity index (χ3v) is 3.89. The van der Waals surface area contributed by atoms with Crippen LogP contribution < -0.4 is 10.9 Å². The zero-order valence-corrected chi connectivity index (χ0v) is 14.8. The quantitative estimate of drug-likeness (QED) is 0.733. The number of fused-ring (bicyclic) bond motifs is 1. The number of aromatic nitrogens is 3. The fraction of sp³-hybridized carbons (Fsp3) is 0.263. The van der Waals surface area contributed by atoms with Crippen LogP contribution in [-0.2, 0) is 17.9 Å². The van der Waals surface area contributed by atoms with Gasteiger partial charge in [-0.2, -0.15) is 0 Å². The first-order chi connectivity index (χ1) is 12.5. The smallest absolute Gasteiger partial charge is 0.277 e. The van der Waals surface area contributed by atoms with Crippen molar-refractivity contribution >= 4 is 22.5 Å². The lowest BCUT2D eigenvalue weighted by Crippen LogP contribution is -2.26. The maximum atomic E-state index is 12.4. The number of carbonyl (C=O) groups excluding carboxylic acids is 1. The van der Waals surface area contributed by atoms with E-state index in [9.17, 15) is 9.59 Å². The van der Waals surface area contributed by atoms with Crippen LogP contribution in [0.5, 0.6) is 0 Å². The Morgan fingerprint density at radius 2 is 1.96 bits per heavy atom. The molecule has 26 heavy (non-hydrogen) atoms. The first kappa shape index (κ1) is 17.8. The van der Waals surface area contributed by atoms with Crippen molar-refractivity contribution in [1.29, 1.82) is 0 Å². The summed E-state index contributed by atoms with van der Waals surface area (Å²) in [4.78, 5) is 26.6. The first-order valence-electron chi connectivity index (χ1n) is 8.39. The molecule has 1 amide bonds. The van der Waals surface area contributed by atoms with Gasteiger partial charge in [0.1, 0.15) is 5.52 Å². The molecule has 7 heteroatoms. The third-order valence-electron chi connectivity index (χ3n) is 3.89. The minimum Gasteiger partial charge on any atom is -0.326 e. The summed E-state index contributed by atoms with van der Waals surface area (Å²) in [5.74, 6) is -0.172. The van der Waals surface area contributed by atoms with Crippen molar-refractivity contribution in [2.24, 2.45) is 0 Å². The molecule has 0 unspecified atom stereocenters. The van der Waals surface area contributed by atoms with Crippen molar-refractivity contribution in [2.45, 2.75) is 19.5 Å². The second-order valence-corrected chi connectivity index (χ2v) is 6.37. The van der Waals surface area contributed by atoms with Gasteiger partial charge in [-0.15, -0.1) is 5.10 Å². The van der Waals surface area contributed by atoms with E-state index in [0.717, 1.165) is 17.8 Å². The molecule has 0 saturated heterocycles. The number of carbonyl (C=O) groups is 1. The summed E-state index contributed by atoms with van der Waals surface area (Å²) in [5.41, 5.74) is 2.17. The molecule has 0 radical (unpaired) electrons. The Balaban J connectivity index is 1.64. The lowest BCUT2D eigenvalue weighted by molar-refractivity contribution is -0.116. The van der Waals surface area contributed by atoms with Crippen molar-refractivity contribution in [3.05, 3.63) is 64.4 Å². The van der Waals surface area contributed by atoms with Gasteiger partial charge < -0.3 is 10.2 Å². The maximum absolute atomic E-state index is 12.4. The largest absolute Gasteiger partial charge is 0.326 e. The highest BCUT2D eigenvalue weighted by Gasteiger charge is 2.08. The molecule has 1 heterocycles. The molecule has 0 atom stereocenters. The van der Waals surface area contributed by atoms with Gasteiger partial charge in [0, 0.05) is 18.7 Å². The Morgan fingerprint density at radius 1 is 1.15 bits per heavy atom. The van der Waals surface area contributed by atoms with Crippen LogP contribution in [0.3, 0.4) is 0 Å². The van der Waals surface area contributed by atoms with E-state index in [2.05, 4.69) is 20.5 Å². The lowest BCUT2D eigenvalue weighted by atomic mass is 10.2. The van der Waals surface area contributed by atoms with Gasteiger partial charge >= 0.3 is 0 Å². The van der Waals surface area contributed by atoms with E-state index < -0.39 is 0 Å². The van der Waals surface area contributed by atoms with Crippen LogP contribution in [0.25, 0.3) is 10.9 Å². The predicted octanol–water partition coefficient (Wildman–Crippen LogP) is 1.88. The number of rotatable bonds is 6. The van der Waals surface area contributed by atoms with Crippen molar-refractivity contribution in [3.63, 3.8) is 0 Å². The van der Waals surface area contributed by atoms with E-state index in [-0.39, 0.29) is 24.4 Å². The van der Waals surface area contributed by atoms with Crippen molar-refractivity contribution in [2.75, 3.05) is 19.4 Å². The van der Waals surface area contributed by atoms with Gasteiger partial charge in [0.15, 0.2) is 0 Å². The Labute approximate surface area is 151 Å². The molecule has 0 aliphatic rings. The van der Waals surface area contributed by atoms with Crippen LogP contribution in [0, 0.1) is 0 Å². The van der Waals surface area contributed by atoms with E-state index in [0.29, 0.717) is 10.9 Å². The molecular formula is C19H21N5O2. The fourth-order valence-corrected chi connectivity index (χ4v) is 2.71. The predicted molar refractivity (Wildman–Crippen MR) is 101 cm³/mol. The van der Waals surface area contributed by atoms with E-state index in [4.69, 9.17) is 0 Å². The molecule has 134 valence electrons. The zero-order valence-electron chi connectivity index (χ0n) is 14.8. The summed E-state index contributed by atoms with van der Waals surface area (Å²) in [7, 11) is 3.99. The van der Waals surface area contributed by atoms with Crippen LogP contribution in [0.1, 0.15) is 12.0 Å². The van der Waals surface area contributed by atoms with Gasteiger partial charge in [0.05, 0.1) is 11.9 Å². The average molecular weight is 351 g/mol. The summed E-state index contributed by atoms with van der Waals surface area (Å²) >= 11 is 0. The molecule has 7 nitrogen and oxygen atoms in total. The van der Waals surface area contributed by atoms with Crippen molar-refractivity contribution in [3.8, 4) is 0 Å². The number of benzene rings is 2. The van der Waals surface area contributed by atoms with Gasteiger partial charge in [-0.25, -0.2) is 4.68 Å². The summed E-state index contributed by atoms with van der Waals surface area (Å²) in [5, 5.41) is 11.3. The van der Waals surface area contributed by atoms with Crippen LogP contribution >= 0.6 is 0 Å². The molecule has 2 aromatic carbocycles. The Kier molecular flexibility index (Phi) is 5.38. The SMILES string of the molecule is CN(C)Cc1cccc(NC(=O)CCn2nnc3ccccc3c2=O)c1. The number of amides is 1. The number of nitrogens with one attached hydrogen (secondary N) is 1. The Bertz CT molecular complexity index is 981. The second kappa shape index (κ2) is 7.88. The molecule has 1 N–H and O–H groups in total. The van der Waals surface area contributed by atoms with E-state index >= 15 is 0 Å². The van der Waals surface area contributed by atoms with Crippen LogP contribution in [0.2, 0.25) is 0 Å². The molecule has 0 fully saturated rings. The van der Waals surface area contributed by atoms with Crippen LogP contribution in [0.4, 0.5) is 5.69 Å². The molecular weight excluding hydrogens is 330 g/mol. The standard InChI is InChI=1S/C19H21N5O2/c1-23(2)13-14-6-5-7-15(12-14)20-18(25)10-11-24-19(26)16-8-3-4-9-17(16)21-22-24/h3-9,12H,10-11,13H2,1-2H3,(H,20,25). The molecule has 0 aliphatic carbocycles. The molecule has 0 spiro atoms.